The molecule has 1 aliphatic carbocycles. The van der Waals surface area contributed by atoms with Crippen LogP contribution in [-0.4, -0.2) is 109 Å². The number of nitrogens with zero attached hydrogens (tertiary/aromatic N) is 3. The molecule has 1 saturated heterocycles. The van der Waals surface area contributed by atoms with E-state index in [1.54, 1.807) is 27.9 Å². The number of hydrogen-bond donors (Lipinski definition) is 3. The molecule has 3 N–H and O–H groups in total. The van der Waals surface area contributed by atoms with E-state index < -0.39 is 59.4 Å². The Balaban J connectivity index is 1.61. The number of amides is 2. The van der Waals surface area contributed by atoms with E-state index in [9.17, 15) is 29.5 Å². The molecule has 6 atom stereocenters. The van der Waals surface area contributed by atoms with Crippen molar-refractivity contribution in [1.29, 1.82) is 5.26 Å². The summed E-state index contributed by atoms with van der Waals surface area (Å²) >= 11 is 0. The van der Waals surface area contributed by atoms with E-state index in [0.29, 0.717) is 23.5 Å². The van der Waals surface area contributed by atoms with Gasteiger partial charge in [0.15, 0.2) is 18.3 Å². The molecule has 1 fully saturated rings. The highest BCUT2D eigenvalue weighted by molar-refractivity contribution is 6.50. The standard InChI is InChI=1S/C35H45N5O9/c1-16-10-19-11-21-23(13-36)40-22(27(39(21)7)25(19)32(31(16)47-9)48-15-46-8)12-20-26(30(43)29(42)17(2)28(20)41)24(40)14-37-33(44)18(3)38-34(45)49-35(4,5)6/h10,18,21-24,27,41H,11-12,14-15H2,1-9H3,(H,37,44)(H,38,45)/t18-,21+,22?,23?,24-,27+/m0/s1. The minimum absolute atomic E-state index is 0.0415. The number of rotatable bonds is 8. The molecule has 14 heteroatoms. The molecule has 0 spiro atoms. The normalized spacial score (nSPS) is 25.8. The summed E-state index contributed by atoms with van der Waals surface area (Å²) in [4.78, 5) is 56.6. The highest BCUT2D eigenvalue weighted by atomic mass is 16.7. The zero-order valence-corrected chi connectivity index (χ0v) is 29.4. The second kappa shape index (κ2) is 13.5. The summed E-state index contributed by atoms with van der Waals surface area (Å²) in [7, 11) is 5.02. The van der Waals surface area contributed by atoms with E-state index in [1.165, 1.54) is 21.0 Å². The van der Waals surface area contributed by atoms with Crippen LogP contribution in [0.15, 0.2) is 28.5 Å². The molecule has 1 aromatic carbocycles. The van der Waals surface area contributed by atoms with Gasteiger partial charge in [0.25, 0.3) is 0 Å². The van der Waals surface area contributed by atoms with Crippen LogP contribution >= 0.6 is 0 Å². The van der Waals surface area contributed by atoms with Crippen LogP contribution in [0.5, 0.6) is 11.5 Å². The zero-order valence-electron chi connectivity index (χ0n) is 29.4. The van der Waals surface area contributed by atoms with E-state index in [4.69, 9.17) is 18.9 Å². The van der Waals surface area contributed by atoms with Gasteiger partial charge in [-0.25, -0.2) is 4.79 Å². The molecule has 2 amide bonds. The van der Waals surface area contributed by atoms with Crippen molar-refractivity contribution in [3.8, 4) is 17.6 Å². The third-order valence-corrected chi connectivity index (χ3v) is 9.78. The third-order valence-electron chi connectivity index (χ3n) is 9.78. The molecule has 5 rings (SSSR count). The van der Waals surface area contributed by atoms with Crippen LogP contribution in [0, 0.1) is 18.3 Å². The number of likely N-dealkylation sites (N-methyl/N-ethyl adjacent to an activating group) is 1. The van der Waals surface area contributed by atoms with Gasteiger partial charge in [-0.05, 0) is 72.6 Å². The largest absolute Gasteiger partial charge is 0.507 e. The number of alkyl carbamates (subject to hydrolysis) is 1. The first-order valence-corrected chi connectivity index (χ1v) is 16.3. The molecule has 4 aliphatic rings. The lowest BCUT2D eigenvalue weighted by Gasteiger charge is -2.60. The van der Waals surface area contributed by atoms with Crippen molar-refractivity contribution in [2.24, 2.45) is 0 Å². The average molecular weight is 680 g/mol. The number of piperazine rings is 1. The number of methoxy groups -OCH3 is 2. The SMILES string of the molecule is COCOc1c(OC)c(C)cc2c1[C@H]1C3CC4=C(C(=O)C(=O)C(C)=C4O)[C@H](CNC(=O)[C@H](C)NC(=O)OC(C)(C)C)N3C(C#N)[C@@H](C2)N1C. The van der Waals surface area contributed by atoms with Gasteiger partial charge in [-0.1, -0.05) is 6.07 Å². The maximum absolute atomic E-state index is 13.7. The van der Waals surface area contributed by atoms with Gasteiger partial charge in [0.05, 0.1) is 25.3 Å². The monoisotopic (exact) mass is 679 g/mol. The van der Waals surface area contributed by atoms with Crippen LogP contribution in [0.3, 0.4) is 0 Å². The van der Waals surface area contributed by atoms with Crippen molar-refractivity contribution in [3.05, 3.63) is 45.2 Å². The first-order chi connectivity index (χ1) is 23.1. The molecule has 3 aliphatic heterocycles. The number of aliphatic hydroxyl groups is 1. The number of Topliss-reactive ketones (excluding diaryl/α,β-unsaturated/α-hetero) is 2. The number of ether oxygens (including phenoxy) is 4. The van der Waals surface area contributed by atoms with Crippen LogP contribution in [0.1, 0.15) is 63.8 Å². The number of aliphatic hydroxyl groups excluding tert-OH is 1. The van der Waals surface area contributed by atoms with Gasteiger partial charge in [-0.2, -0.15) is 5.26 Å². The molecule has 0 aromatic heterocycles. The average Bonchev–Trinajstić information content (AvgIpc) is 3.03. The zero-order chi connectivity index (χ0) is 36.1. The first-order valence-electron chi connectivity index (χ1n) is 16.3. The van der Waals surface area contributed by atoms with E-state index in [2.05, 4.69) is 21.6 Å². The second-order valence-electron chi connectivity index (χ2n) is 14.0. The summed E-state index contributed by atoms with van der Waals surface area (Å²) in [5.41, 5.74) is 2.20. The minimum atomic E-state index is -1.01. The summed E-state index contributed by atoms with van der Waals surface area (Å²) < 4.78 is 22.5. The van der Waals surface area contributed by atoms with Gasteiger partial charge in [0, 0.05) is 48.0 Å². The molecule has 49 heavy (non-hydrogen) atoms. The van der Waals surface area contributed by atoms with Gasteiger partial charge < -0.3 is 34.7 Å². The smallest absolute Gasteiger partial charge is 0.408 e. The Labute approximate surface area is 286 Å². The van der Waals surface area contributed by atoms with E-state index in [0.717, 1.165) is 16.7 Å². The van der Waals surface area contributed by atoms with Crippen molar-refractivity contribution >= 4 is 23.6 Å². The second-order valence-corrected chi connectivity index (χ2v) is 14.0. The number of hydrogen-bond acceptors (Lipinski definition) is 12. The van der Waals surface area contributed by atoms with Crippen molar-refractivity contribution < 1.29 is 43.2 Å². The molecule has 264 valence electrons. The number of carbonyl (C=O) groups is 4. The number of allylic oxidation sites excluding steroid dienone is 2. The van der Waals surface area contributed by atoms with E-state index in [1.807, 2.05) is 24.9 Å². The Morgan fingerprint density at radius 3 is 2.43 bits per heavy atom. The summed E-state index contributed by atoms with van der Waals surface area (Å²) in [5, 5.41) is 27.4. The van der Waals surface area contributed by atoms with Crippen LogP contribution in [0.2, 0.25) is 0 Å². The number of benzene rings is 1. The number of nitriles is 1. The Bertz CT molecular complexity index is 1690. The van der Waals surface area contributed by atoms with Crippen LogP contribution in [-0.2, 0) is 30.3 Å². The lowest BCUT2D eigenvalue weighted by atomic mass is 9.70. The van der Waals surface area contributed by atoms with Crippen LogP contribution < -0.4 is 20.1 Å². The molecule has 2 unspecified atom stereocenters. The maximum Gasteiger partial charge on any atom is 0.408 e. The van der Waals surface area contributed by atoms with Crippen LogP contribution in [0.4, 0.5) is 4.79 Å². The van der Waals surface area contributed by atoms with Crippen molar-refractivity contribution in [2.45, 2.75) is 96.2 Å². The molecule has 3 heterocycles. The fourth-order valence-electron chi connectivity index (χ4n) is 7.72. The summed E-state index contributed by atoms with van der Waals surface area (Å²) in [6.45, 7) is 9.71. The predicted molar refractivity (Wildman–Crippen MR) is 176 cm³/mol. The van der Waals surface area contributed by atoms with Crippen molar-refractivity contribution in [1.82, 2.24) is 20.4 Å². The van der Waals surface area contributed by atoms with E-state index in [-0.39, 0.29) is 42.7 Å². The topological polar surface area (TPSA) is 180 Å². The summed E-state index contributed by atoms with van der Waals surface area (Å²) in [6.07, 6.45) is -0.168. The molecule has 0 saturated carbocycles. The predicted octanol–water partition coefficient (Wildman–Crippen LogP) is 2.54. The number of ketones is 2. The Morgan fingerprint density at radius 1 is 1.12 bits per heavy atom. The number of aryl methyl sites for hydroxylation is 1. The fourth-order valence-corrected chi connectivity index (χ4v) is 7.72. The van der Waals surface area contributed by atoms with Crippen molar-refractivity contribution in [2.75, 3.05) is 34.6 Å². The van der Waals surface area contributed by atoms with Gasteiger partial charge >= 0.3 is 6.09 Å². The molecule has 1 aromatic rings. The van der Waals surface area contributed by atoms with Crippen molar-refractivity contribution in [3.63, 3.8) is 0 Å². The lowest BCUT2D eigenvalue weighted by molar-refractivity contribution is -0.134. The summed E-state index contributed by atoms with van der Waals surface area (Å²) in [5.74, 6) is -1.42. The van der Waals surface area contributed by atoms with Gasteiger partial charge in [0.2, 0.25) is 17.5 Å². The highest BCUT2D eigenvalue weighted by Crippen LogP contribution is 2.54. The minimum Gasteiger partial charge on any atom is -0.507 e. The Hall–Kier alpha value is -4.45. The van der Waals surface area contributed by atoms with E-state index >= 15 is 0 Å². The third kappa shape index (κ3) is 6.26. The molecular formula is C35H45N5O9. The molecule has 0 radical (unpaired) electrons. The highest BCUT2D eigenvalue weighted by Gasteiger charge is 2.57. The quantitative estimate of drug-likeness (QED) is 0.208. The van der Waals surface area contributed by atoms with Gasteiger partial charge in [-0.3, -0.25) is 24.2 Å². The Kier molecular flexibility index (Phi) is 9.84. The molecule has 2 bridgehead atoms. The lowest BCUT2D eigenvalue weighted by Crippen LogP contribution is -2.71. The first kappa shape index (κ1) is 35.8. The maximum atomic E-state index is 13.7. The number of nitrogens with one attached hydrogen (secondary N) is 2. The molecule has 14 nitrogen and oxygen atoms in total. The van der Waals surface area contributed by atoms with Gasteiger partial charge in [-0.15, -0.1) is 0 Å². The Morgan fingerprint density at radius 2 is 1.82 bits per heavy atom. The summed E-state index contributed by atoms with van der Waals surface area (Å²) in [6, 6.07) is 0.496. The molecular weight excluding hydrogens is 634 g/mol. The number of fused-ring (bicyclic) bond motifs is 6. The van der Waals surface area contributed by atoms with Crippen LogP contribution in [0.25, 0.3) is 0 Å². The fraction of sp³-hybridized carbons (Fsp3) is 0.571. The van der Waals surface area contributed by atoms with Gasteiger partial charge in [0.1, 0.15) is 23.4 Å². The number of carbonyl (C=O) groups excluding carboxylic acids is 4.